The van der Waals surface area contributed by atoms with Gasteiger partial charge in [-0.1, -0.05) is 0 Å². The molecule has 0 aliphatic heterocycles. The lowest BCUT2D eigenvalue weighted by Gasteiger charge is -2.02. The third-order valence-electron chi connectivity index (χ3n) is 3.20. The van der Waals surface area contributed by atoms with Crippen LogP contribution in [0.1, 0.15) is 12.2 Å². The van der Waals surface area contributed by atoms with Crippen LogP contribution in [-0.4, -0.2) is 37.8 Å². The van der Waals surface area contributed by atoms with Gasteiger partial charge in [-0.2, -0.15) is 0 Å². The Morgan fingerprint density at radius 1 is 1.37 bits per heavy atom. The molecule has 0 saturated heterocycles. The molecule has 104 valence electrons. The zero-order valence-corrected chi connectivity index (χ0v) is 12.3. The molecule has 0 unspecified atom stereocenters. The summed E-state index contributed by atoms with van der Waals surface area (Å²) in [5.41, 5.74) is 1.71. The van der Waals surface area contributed by atoms with E-state index in [1.165, 1.54) is 6.26 Å². The molecule has 1 aromatic carbocycles. The van der Waals surface area contributed by atoms with Crippen molar-refractivity contribution in [2.75, 3.05) is 19.8 Å². The summed E-state index contributed by atoms with van der Waals surface area (Å²) in [4.78, 5) is 4.85. The predicted octanol–water partition coefficient (Wildman–Crippen LogP) is 1.13. The van der Waals surface area contributed by atoms with E-state index >= 15 is 0 Å². The summed E-state index contributed by atoms with van der Waals surface area (Å²) < 4.78 is 25.1. The standard InChI is InChI=1S/C13H19N3O2S/c1-14-8-4-5-13-15-11-9-10(19(3,17)18)6-7-12(11)16(13)2/h6-7,9,14H,4-5,8H2,1-3H3. The van der Waals surface area contributed by atoms with Crippen molar-refractivity contribution in [2.45, 2.75) is 17.7 Å². The van der Waals surface area contributed by atoms with Gasteiger partial charge in [0.25, 0.3) is 0 Å². The fourth-order valence-electron chi connectivity index (χ4n) is 2.11. The minimum atomic E-state index is -3.18. The molecule has 2 aromatic rings. The molecule has 1 N–H and O–H groups in total. The van der Waals surface area contributed by atoms with Crippen molar-refractivity contribution in [3.8, 4) is 0 Å². The highest BCUT2D eigenvalue weighted by atomic mass is 32.2. The number of fused-ring (bicyclic) bond motifs is 1. The Morgan fingerprint density at radius 2 is 2.11 bits per heavy atom. The Kier molecular flexibility index (Phi) is 3.91. The Hall–Kier alpha value is -1.40. The van der Waals surface area contributed by atoms with Crippen LogP contribution in [0.5, 0.6) is 0 Å². The van der Waals surface area contributed by atoms with Crippen LogP contribution in [0.2, 0.25) is 0 Å². The maximum atomic E-state index is 11.5. The van der Waals surface area contributed by atoms with Gasteiger partial charge in [0.15, 0.2) is 9.84 Å². The number of rotatable bonds is 5. The smallest absolute Gasteiger partial charge is 0.175 e. The molecule has 0 saturated carbocycles. The second kappa shape index (κ2) is 5.30. The van der Waals surface area contributed by atoms with Crippen LogP contribution in [0.25, 0.3) is 11.0 Å². The summed E-state index contributed by atoms with van der Waals surface area (Å²) in [6, 6.07) is 5.10. The summed E-state index contributed by atoms with van der Waals surface area (Å²) in [6.45, 7) is 0.942. The van der Waals surface area contributed by atoms with Crippen LogP contribution < -0.4 is 5.32 Å². The number of aromatic nitrogens is 2. The van der Waals surface area contributed by atoms with Crippen molar-refractivity contribution in [3.63, 3.8) is 0 Å². The SMILES string of the molecule is CNCCCc1nc2cc(S(C)(=O)=O)ccc2n1C. The normalized spacial score (nSPS) is 12.2. The molecule has 1 heterocycles. The Morgan fingerprint density at radius 3 is 2.74 bits per heavy atom. The van der Waals surface area contributed by atoms with Crippen molar-refractivity contribution < 1.29 is 8.42 Å². The summed E-state index contributed by atoms with van der Waals surface area (Å²) in [6.07, 6.45) is 3.09. The van der Waals surface area contributed by atoms with Gasteiger partial charge in [-0.25, -0.2) is 13.4 Å². The molecular weight excluding hydrogens is 262 g/mol. The first kappa shape index (κ1) is 14.0. The molecule has 2 rings (SSSR count). The van der Waals surface area contributed by atoms with Gasteiger partial charge in [0.05, 0.1) is 15.9 Å². The number of imidazole rings is 1. The molecule has 6 heteroatoms. The molecule has 5 nitrogen and oxygen atoms in total. The third-order valence-corrected chi connectivity index (χ3v) is 4.31. The van der Waals surface area contributed by atoms with E-state index in [0.717, 1.165) is 36.2 Å². The minimum absolute atomic E-state index is 0.319. The van der Waals surface area contributed by atoms with Gasteiger partial charge < -0.3 is 9.88 Å². The molecule has 0 radical (unpaired) electrons. The minimum Gasteiger partial charge on any atom is -0.331 e. The molecule has 0 aliphatic rings. The highest BCUT2D eigenvalue weighted by molar-refractivity contribution is 7.90. The van der Waals surface area contributed by atoms with E-state index in [9.17, 15) is 8.42 Å². The average Bonchev–Trinajstić information content (AvgIpc) is 2.65. The first-order chi connectivity index (χ1) is 8.93. The molecule has 0 bridgehead atoms. The number of sulfone groups is 1. The Bertz CT molecular complexity index is 689. The molecule has 0 aliphatic carbocycles. The maximum absolute atomic E-state index is 11.5. The lowest BCUT2D eigenvalue weighted by atomic mass is 10.3. The average molecular weight is 281 g/mol. The summed E-state index contributed by atoms with van der Waals surface area (Å²) in [5, 5.41) is 3.10. The quantitative estimate of drug-likeness (QED) is 0.834. The largest absolute Gasteiger partial charge is 0.331 e. The molecular formula is C13H19N3O2S. The molecule has 0 atom stereocenters. The Balaban J connectivity index is 2.40. The van der Waals surface area contributed by atoms with Crippen LogP contribution >= 0.6 is 0 Å². The molecule has 0 spiro atoms. The van der Waals surface area contributed by atoms with E-state index < -0.39 is 9.84 Å². The van der Waals surface area contributed by atoms with Crippen molar-refractivity contribution in [1.29, 1.82) is 0 Å². The number of hydrogen-bond acceptors (Lipinski definition) is 4. The second-order valence-electron chi connectivity index (χ2n) is 4.72. The van der Waals surface area contributed by atoms with Crippen molar-refractivity contribution in [1.82, 2.24) is 14.9 Å². The van der Waals surface area contributed by atoms with Gasteiger partial charge in [0.1, 0.15) is 5.82 Å². The highest BCUT2D eigenvalue weighted by Gasteiger charge is 2.12. The molecule has 19 heavy (non-hydrogen) atoms. The van der Waals surface area contributed by atoms with Gasteiger partial charge in [-0.05, 0) is 38.2 Å². The van der Waals surface area contributed by atoms with E-state index in [4.69, 9.17) is 0 Å². The summed E-state index contributed by atoms with van der Waals surface area (Å²) >= 11 is 0. The first-order valence-electron chi connectivity index (χ1n) is 6.23. The first-order valence-corrected chi connectivity index (χ1v) is 8.12. The lowest BCUT2D eigenvalue weighted by Crippen LogP contribution is -2.09. The van der Waals surface area contributed by atoms with Gasteiger partial charge >= 0.3 is 0 Å². The van der Waals surface area contributed by atoms with Gasteiger partial charge in [-0.15, -0.1) is 0 Å². The van der Waals surface area contributed by atoms with Crippen molar-refractivity contribution >= 4 is 20.9 Å². The summed E-state index contributed by atoms with van der Waals surface area (Å²) in [7, 11) is 0.708. The van der Waals surface area contributed by atoms with Crippen LogP contribution in [0.3, 0.4) is 0 Å². The lowest BCUT2D eigenvalue weighted by molar-refractivity contribution is 0.602. The second-order valence-corrected chi connectivity index (χ2v) is 6.73. The highest BCUT2D eigenvalue weighted by Crippen LogP contribution is 2.20. The number of hydrogen-bond donors (Lipinski definition) is 1. The van der Waals surface area contributed by atoms with Crippen molar-refractivity contribution in [2.24, 2.45) is 7.05 Å². The topological polar surface area (TPSA) is 64.0 Å². The predicted molar refractivity (Wildman–Crippen MR) is 76.1 cm³/mol. The van der Waals surface area contributed by atoms with Crippen molar-refractivity contribution in [3.05, 3.63) is 24.0 Å². The van der Waals surface area contributed by atoms with E-state index in [1.54, 1.807) is 12.1 Å². The van der Waals surface area contributed by atoms with Crippen LogP contribution in [0, 0.1) is 0 Å². The number of aryl methyl sites for hydroxylation is 2. The van der Waals surface area contributed by atoms with E-state index in [-0.39, 0.29) is 0 Å². The van der Waals surface area contributed by atoms with E-state index in [2.05, 4.69) is 10.3 Å². The molecule has 0 fully saturated rings. The zero-order chi connectivity index (χ0) is 14.0. The zero-order valence-electron chi connectivity index (χ0n) is 11.5. The molecule has 1 aromatic heterocycles. The monoisotopic (exact) mass is 281 g/mol. The van der Waals surface area contributed by atoms with E-state index in [0.29, 0.717) is 4.90 Å². The fraction of sp³-hybridized carbons (Fsp3) is 0.462. The van der Waals surface area contributed by atoms with Crippen LogP contribution in [0.4, 0.5) is 0 Å². The summed E-state index contributed by atoms with van der Waals surface area (Å²) in [5.74, 6) is 0.982. The van der Waals surface area contributed by atoms with Crippen LogP contribution in [-0.2, 0) is 23.3 Å². The number of nitrogens with one attached hydrogen (secondary N) is 1. The number of benzene rings is 1. The fourth-order valence-corrected chi connectivity index (χ4v) is 2.75. The van der Waals surface area contributed by atoms with Gasteiger partial charge in [0.2, 0.25) is 0 Å². The van der Waals surface area contributed by atoms with Gasteiger partial charge in [0, 0.05) is 19.7 Å². The maximum Gasteiger partial charge on any atom is 0.175 e. The third kappa shape index (κ3) is 2.96. The number of nitrogens with zero attached hydrogens (tertiary/aromatic N) is 2. The van der Waals surface area contributed by atoms with Gasteiger partial charge in [-0.3, -0.25) is 0 Å². The van der Waals surface area contributed by atoms with Crippen LogP contribution in [0.15, 0.2) is 23.1 Å². The Labute approximate surface area is 113 Å². The van der Waals surface area contributed by atoms with E-state index in [1.807, 2.05) is 24.7 Å². The molecule has 0 amide bonds.